The van der Waals surface area contributed by atoms with Gasteiger partial charge in [0.05, 0.1) is 11.6 Å². The van der Waals surface area contributed by atoms with Crippen molar-refractivity contribution in [1.29, 1.82) is 0 Å². The second kappa shape index (κ2) is 8.09. The standard InChI is InChI=1S/C24H29N3O3/c1-4-26-21-15-20(23(29)25-12-8-9-13-25)16(2)19(18-10-6-5-7-11-18)14-22(21)27(17(3)28)24(26)30/h5-7,10-11,14,16,20H,4,8-9,12-13,15H2,1-3H3/t16-,20+/m1/s1. The van der Waals surface area contributed by atoms with Crippen LogP contribution in [0.1, 0.15) is 55.4 Å². The lowest BCUT2D eigenvalue weighted by atomic mass is 9.82. The summed E-state index contributed by atoms with van der Waals surface area (Å²) < 4.78 is 2.91. The van der Waals surface area contributed by atoms with Crippen molar-refractivity contribution in [1.82, 2.24) is 14.0 Å². The van der Waals surface area contributed by atoms with E-state index in [9.17, 15) is 14.4 Å². The number of hydrogen-bond donors (Lipinski definition) is 0. The highest BCUT2D eigenvalue weighted by Crippen LogP contribution is 2.38. The summed E-state index contributed by atoms with van der Waals surface area (Å²) in [6.45, 7) is 7.48. The Balaban J connectivity index is 1.93. The van der Waals surface area contributed by atoms with Crippen LogP contribution in [0.25, 0.3) is 11.6 Å². The number of rotatable bonds is 3. The Labute approximate surface area is 176 Å². The van der Waals surface area contributed by atoms with Gasteiger partial charge in [0, 0.05) is 38.7 Å². The fraction of sp³-hybridized carbons (Fsp3) is 0.458. The topological polar surface area (TPSA) is 64.3 Å². The average Bonchev–Trinajstić information content (AvgIpc) is 3.33. The summed E-state index contributed by atoms with van der Waals surface area (Å²) in [5.41, 5.74) is 3.10. The Morgan fingerprint density at radius 2 is 1.77 bits per heavy atom. The lowest BCUT2D eigenvalue weighted by Crippen LogP contribution is -2.38. The molecule has 0 N–H and O–H groups in total. The van der Waals surface area contributed by atoms with E-state index in [0.717, 1.165) is 42.8 Å². The first-order valence-electron chi connectivity index (χ1n) is 10.8. The van der Waals surface area contributed by atoms with Crippen LogP contribution in [0.2, 0.25) is 0 Å². The van der Waals surface area contributed by atoms with E-state index >= 15 is 0 Å². The summed E-state index contributed by atoms with van der Waals surface area (Å²) in [6, 6.07) is 9.96. The highest BCUT2D eigenvalue weighted by molar-refractivity contribution is 5.91. The van der Waals surface area contributed by atoms with Crippen molar-refractivity contribution >= 4 is 23.5 Å². The Hall–Kier alpha value is -2.89. The molecule has 1 fully saturated rings. The average molecular weight is 408 g/mol. The van der Waals surface area contributed by atoms with Crippen molar-refractivity contribution < 1.29 is 9.59 Å². The number of hydrogen-bond acceptors (Lipinski definition) is 3. The first-order valence-corrected chi connectivity index (χ1v) is 10.8. The molecule has 6 nitrogen and oxygen atoms in total. The molecule has 0 unspecified atom stereocenters. The summed E-state index contributed by atoms with van der Waals surface area (Å²) >= 11 is 0. The third kappa shape index (κ3) is 3.34. The Kier molecular flexibility index (Phi) is 5.50. The molecule has 0 spiro atoms. The number of imidazole rings is 1. The second-order valence-electron chi connectivity index (χ2n) is 8.31. The van der Waals surface area contributed by atoms with E-state index in [1.54, 1.807) is 4.57 Å². The molecule has 4 rings (SSSR count). The number of carbonyl (C=O) groups is 2. The predicted molar refractivity (Wildman–Crippen MR) is 117 cm³/mol. The van der Waals surface area contributed by atoms with Crippen molar-refractivity contribution in [3.8, 4) is 0 Å². The van der Waals surface area contributed by atoms with Crippen LogP contribution in [-0.2, 0) is 17.8 Å². The van der Waals surface area contributed by atoms with Gasteiger partial charge in [-0.2, -0.15) is 0 Å². The summed E-state index contributed by atoms with van der Waals surface area (Å²) in [5, 5.41) is 0. The zero-order valence-corrected chi connectivity index (χ0v) is 17.9. The highest BCUT2D eigenvalue weighted by atomic mass is 16.2. The number of nitrogens with zero attached hydrogens (tertiary/aromatic N) is 3. The van der Waals surface area contributed by atoms with Gasteiger partial charge in [0.1, 0.15) is 0 Å². The van der Waals surface area contributed by atoms with E-state index in [0.29, 0.717) is 18.7 Å². The molecule has 158 valence electrons. The number of fused-ring (bicyclic) bond motifs is 1. The van der Waals surface area contributed by atoms with E-state index in [1.165, 1.54) is 11.5 Å². The molecule has 2 atom stereocenters. The molecule has 6 heteroatoms. The van der Waals surface area contributed by atoms with Crippen molar-refractivity contribution in [3.05, 3.63) is 57.8 Å². The maximum Gasteiger partial charge on any atom is 0.335 e. The number of aromatic nitrogens is 2. The first kappa shape index (κ1) is 20.4. The summed E-state index contributed by atoms with van der Waals surface area (Å²) in [7, 11) is 0. The van der Waals surface area contributed by atoms with Gasteiger partial charge in [0.25, 0.3) is 0 Å². The fourth-order valence-corrected chi connectivity index (χ4v) is 4.93. The molecule has 1 aliphatic carbocycles. The fourth-order valence-electron chi connectivity index (χ4n) is 4.93. The molecule has 30 heavy (non-hydrogen) atoms. The predicted octanol–water partition coefficient (Wildman–Crippen LogP) is 3.30. The maximum atomic E-state index is 13.5. The number of benzene rings is 1. The van der Waals surface area contributed by atoms with E-state index in [2.05, 4.69) is 6.92 Å². The van der Waals surface area contributed by atoms with Crippen LogP contribution in [0.5, 0.6) is 0 Å². The third-order valence-electron chi connectivity index (χ3n) is 6.56. The largest absolute Gasteiger partial charge is 0.342 e. The normalized spacial score (nSPS) is 21.2. The Morgan fingerprint density at radius 1 is 1.10 bits per heavy atom. The van der Waals surface area contributed by atoms with Crippen LogP contribution in [0.3, 0.4) is 0 Å². The number of carbonyl (C=O) groups excluding carboxylic acids is 2. The first-order chi connectivity index (χ1) is 14.4. The monoisotopic (exact) mass is 407 g/mol. The van der Waals surface area contributed by atoms with Crippen molar-refractivity contribution in [2.24, 2.45) is 11.8 Å². The van der Waals surface area contributed by atoms with Gasteiger partial charge in [-0.1, -0.05) is 37.3 Å². The van der Waals surface area contributed by atoms with E-state index < -0.39 is 0 Å². The van der Waals surface area contributed by atoms with Gasteiger partial charge >= 0.3 is 5.69 Å². The molecule has 1 aromatic heterocycles. The quantitative estimate of drug-likeness (QED) is 0.784. The number of amides is 1. The second-order valence-corrected chi connectivity index (χ2v) is 8.31. The molecule has 0 saturated carbocycles. The zero-order valence-electron chi connectivity index (χ0n) is 17.9. The minimum absolute atomic E-state index is 0.0336. The molecule has 1 aliphatic heterocycles. The molecule has 0 radical (unpaired) electrons. The van der Waals surface area contributed by atoms with Gasteiger partial charge in [-0.05, 0) is 42.9 Å². The molecule has 2 aromatic rings. The molecule has 0 bridgehead atoms. The van der Waals surface area contributed by atoms with Crippen LogP contribution < -0.4 is 5.69 Å². The Morgan fingerprint density at radius 3 is 2.37 bits per heavy atom. The van der Waals surface area contributed by atoms with Crippen LogP contribution in [0.4, 0.5) is 0 Å². The number of likely N-dealkylation sites (tertiary alicyclic amines) is 1. The molecular weight excluding hydrogens is 378 g/mol. The van der Waals surface area contributed by atoms with E-state index in [-0.39, 0.29) is 29.3 Å². The lowest BCUT2D eigenvalue weighted by molar-refractivity contribution is -0.135. The molecule has 1 saturated heterocycles. The maximum absolute atomic E-state index is 13.5. The number of allylic oxidation sites excluding steroid dienone is 1. The summed E-state index contributed by atoms with van der Waals surface area (Å²) in [4.78, 5) is 40.8. The van der Waals surface area contributed by atoms with Crippen LogP contribution in [0.15, 0.2) is 35.1 Å². The van der Waals surface area contributed by atoms with Gasteiger partial charge in [-0.15, -0.1) is 0 Å². The molecule has 1 amide bonds. The van der Waals surface area contributed by atoms with Crippen molar-refractivity contribution in [2.45, 2.75) is 46.6 Å². The van der Waals surface area contributed by atoms with E-state index in [4.69, 9.17) is 0 Å². The third-order valence-corrected chi connectivity index (χ3v) is 6.56. The highest BCUT2D eigenvalue weighted by Gasteiger charge is 2.37. The van der Waals surface area contributed by atoms with Gasteiger partial charge in [0.2, 0.25) is 11.8 Å². The van der Waals surface area contributed by atoms with Gasteiger partial charge in [0.15, 0.2) is 0 Å². The SMILES string of the molecule is CCn1c2c(n(C(C)=O)c1=O)C=C(c1ccccc1)[C@@H](C)[C@@H](C(=O)N1CCCC1)C2. The van der Waals surface area contributed by atoms with Crippen LogP contribution in [-0.4, -0.2) is 38.9 Å². The smallest absolute Gasteiger partial charge is 0.335 e. The van der Waals surface area contributed by atoms with Gasteiger partial charge < -0.3 is 4.90 Å². The van der Waals surface area contributed by atoms with Gasteiger partial charge in [-0.25, -0.2) is 9.36 Å². The Bertz CT molecular complexity index is 1060. The minimum Gasteiger partial charge on any atom is -0.342 e. The molecule has 1 aromatic carbocycles. The molecule has 2 heterocycles. The van der Waals surface area contributed by atoms with Crippen molar-refractivity contribution in [2.75, 3.05) is 13.1 Å². The minimum atomic E-state index is -0.319. The van der Waals surface area contributed by atoms with Crippen molar-refractivity contribution in [3.63, 3.8) is 0 Å². The van der Waals surface area contributed by atoms with E-state index in [1.807, 2.05) is 48.2 Å². The van der Waals surface area contributed by atoms with Crippen LogP contribution in [0, 0.1) is 11.8 Å². The zero-order chi connectivity index (χ0) is 21.4. The van der Waals surface area contributed by atoms with Gasteiger partial charge in [-0.3, -0.25) is 14.2 Å². The summed E-state index contributed by atoms with van der Waals surface area (Å²) in [5.74, 6) is -0.450. The molecule has 2 aliphatic rings. The van der Waals surface area contributed by atoms with Crippen LogP contribution >= 0.6 is 0 Å². The molecular formula is C24H29N3O3. The lowest BCUT2D eigenvalue weighted by Gasteiger charge is -2.28. The summed E-state index contributed by atoms with van der Waals surface area (Å²) in [6.07, 6.45) is 4.50.